The van der Waals surface area contributed by atoms with Crippen molar-refractivity contribution in [3.05, 3.63) is 48.0 Å². The van der Waals surface area contributed by atoms with Crippen molar-refractivity contribution in [1.82, 2.24) is 4.72 Å². The highest BCUT2D eigenvalue weighted by Crippen LogP contribution is 2.29. The van der Waals surface area contributed by atoms with Gasteiger partial charge in [0.2, 0.25) is 10.0 Å². The van der Waals surface area contributed by atoms with E-state index in [9.17, 15) is 8.42 Å². The van der Waals surface area contributed by atoms with E-state index in [2.05, 4.69) is 4.72 Å². The van der Waals surface area contributed by atoms with Crippen LogP contribution in [0.5, 0.6) is 0 Å². The SMILES string of the molecule is NCC(NS(=O)(=O)C1CC1)c1ccc2ccccc2c1. The zero-order valence-corrected chi connectivity index (χ0v) is 11.9. The summed E-state index contributed by atoms with van der Waals surface area (Å²) in [6, 6.07) is 13.6. The Hall–Kier alpha value is -1.43. The predicted molar refractivity (Wildman–Crippen MR) is 80.8 cm³/mol. The van der Waals surface area contributed by atoms with Gasteiger partial charge in [-0.25, -0.2) is 13.1 Å². The fourth-order valence-corrected chi connectivity index (χ4v) is 3.93. The molecule has 5 heteroatoms. The van der Waals surface area contributed by atoms with Crippen LogP contribution in [0.3, 0.4) is 0 Å². The molecule has 1 unspecified atom stereocenters. The Balaban J connectivity index is 1.90. The van der Waals surface area contributed by atoms with Crippen molar-refractivity contribution in [2.45, 2.75) is 24.1 Å². The molecular formula is C15H18N2O2S. The largest absolute Gasteiger partial charge is 0.329 e. The molecule has 0 radical (unpaired) electrons. The quantitative estimate of drug-likeness (QED) is 0.883. The Labute approximate surface area is 119 Å². The monoisotopic (exact) mass is 290 g/mol. The Morgan fingerprint density at radius 2 is 1.85 bits per heavy atom. The zero-order valence-electron chi connectivity index (χ0n) is 11.1. The minimum absolute atomic E-state index is 0.225. The molecule has 2 aromatic rings. The average Bonchev–Trinajstić information content (AvgIpc) is 3.29. The molecule has 0 aliphatic heterocycles. The lowest BCUT2D eigenvalue weighted by molar-refractivity contribution is 0.557. The minimum Gasteiger partial charge on any atom is -0.329 e. The van der Waals surface area contributed by atoms with Crippen molar-refractivity contribution in [2.24, 2.45) is 5.73 Å². The highest BCUT2D eigenvalue weighted by molar-refractivity contribution is 7.90. The third-order valence-corrected chi connectivity index (χ3v) is 5.64. The lowest BCUT2D eigenvalue weighted by Gasteiger charge is -2.17. The van der Waals surface area contributed by atoms with Gasteiger partial charge in [-0.3, -0.25) is 0 Å². The van der Waals surface area contributed by atoms with E-state index in [1.807, 2.05) is 42.5 Å². The van der Waals surface area contributed by atoms with Gasteiger partial charge in [-0.15, -0.1) is 0 Å². The van der Waals surface area contributed by atoms with Gasteiger partial charge in [-0.05, 0) is 35.2 Å². The van der Waals surface area contributed by atoms with Crippen LogP contribution in [-0.4, -0.2) is 20.2 Å². The summed E-state index contributed by atoms with van der Waals surface area (Å²) in [5.74, 6) is 0. The van der Waals surface area contributed by atoms with Crippen LogP contribution in [-0.2, 0) is 10.0 Å². The summed E-state index contributed by atoms with van der Waals surface area (Å²) < 4.78 is 26.8. The summed E-state index contributed by atoms with van der Waals surface area (Å²) in [4.78, 5) is 0. The standard InChI is InChI=1S/C15H18N2O2S/c16-10-15(17-20(18,19)14-7-8-14)13-6-5-11-3-1-2-4-12(11)9-13/h1-6,9,14-15,17H,7-8,10,16H2. The number of fused-ring (bicyclic) bond motifs is 1. The molecule has 0 spiro atoms. The molecule has 0 aromatic heterocycles. The molecule has 0 bridgehead atoms. The van der Waals surface area contributed by atoms with Gasteiger partial charge in [0.05, 0.1) is 11.3 Å². The Morgan fingerprint density at radius 3 is 2.50 bits per heavy atom. The van der Waals surface area contributed by atoms with Gasteiger partial charge in [-0.1, -0.05) is 36.4 Å². The number of hydrogen-bond acceptors (Lipinski definition) is 3. The lowest BCUT2D eigenvalue weighted by Crippen LogP contribution is -2.35. The van der Waals surface area contributed by atoms with E-state index < -0.39 is 10.0 Å². The third-order valence-electron chi connectivity index (χ3n) is 3.68. The van der Waals surface area contributed by atoms with Crippen molar-refractivity contribution < 1.29 is 8.42 Å². The summed E-state index contributed by atoms with van der Waals surface area (Å²) in [7, 11) is -3.23. The highest BCUT2D eigenvalue weighted by atomic mass is 32.2. The molecule has 1 aliphatic carbocycles. The second-order valence-corrected chi connectivity index (χ2v) is 7.25. The molecule has 20 heavy (non-hydrogen) atoms. The molecule has 2 aromatic carbocycles. The Bertz CT molecular complexity index is 723. The van der Waals surface area contributed by atoms with Crippen LogP contribution >= 0.6 is 0 Å². The van der Waals surface area contributed by atoms with E-state index in [0.717, 1.165) is 29.2 Å². The number of nitrogens with one attached hydrogen (secondary N) is 1. The van der Waals surface area contributed by atoms with Crippen molar-refractivity contribution in [1.29, 1.82) is 0 Å². The molecule has 1 fully saturated rings. The van der Waals surface area contributed by atoms with Gasteiger partial charge >= 0.3 is 0 Å². The first kappa shape index (κ1) is 13.5. The van der Waals surface area contributed by atoms with Gasteiger partial charge < -0.3 is 5.73 Å². The normalized spacial score (nSPS) is 17.2. The van der Waals surface area contributed by atoms with Gasteiger partial charge in [0.1, 0.15) is 0 Å². The molecular weight excluding hydrogens is 272 g/mol. The summed E-state index contributed by atoms with van der Waals surface area (Å²) >= 11 is 0. The van der Waals surface area contributed by atoms with Crippen molar-refractivity contribution >= 4 is 20.8 Å². The fraction of sp³-hybridized carbons (Fsp3) is 0.333. The van der Waals surface area contributed by atoms with Crippen LogP contribution < -0.4 is 10.5 Å². The van der Waals surface area contributed by atoms with Crippen LogP contribution in [0.4, 0.5) is 0 Å². The van der Waals surface area contributed by atoms with Crippen LogP contribution in [0.25, 0.3) is 10.8 Å². The molecule has 1 aliphatic rings. The van der Waals surface area contributed by atoms with Crippen molar-refractivity contribution in [2.75, 3.05) is 6.54 Å². The number of sulfonamides is 1. The maximum absolute atomic E-state index is 12.0. The van der Waals surface area contributed by atoms with E-state index in [1.165, 1.54) is 0 Å². The lowest BCUT2D eigenvalue weighted by atomic mass is 10.0. The average molecular weight is 290 g/mol. The first-order valence-electron chi connectivity index (χ1n) is 6.80. The molecule has 0 heterocycles. The van der Waals surface area contributed by atoms with Crippen molar-refractivity contribution in [3.8, 4) is 0 Å². The van der Waals surface area contributed by atoms with Gasteiger partial charge in [0.15, 0.2) is 0 Å². The van der Waals surface area contributed by atoms with Crippen LogP contribution in [0.1, 0.15) is 24.4 Å². The zero-order chi connectivity index (χ0) is 14.2. The summed E-state index contributed by atoms with van der Waals surface area (Å²) in [6.45, 7) is 0.254. The minimum atomic E-state index is -3.23. The van der Waals surface area contributed by atoms with Crippen LogP contribution in [0.15, 0.2) is 42.5 Å². The maximum Gasteiger partial charge on any atom is 0.215 e. The number of nitrogens with two attached hydrogens (primary N) is 1. The highest BCUT2D eigenvalue weighted by Gasteiger charge is 2.36. The molecule has 3 rings (SSSR count). The van der Waals surface area contributed by atoms with Gasteiger partial charge in [0, 0.05) is 6.54 Å². The van der Waals surface area contributed by atoms with E-state index in [1.54, 1.807) is 0 Å². The molecule has 1 saturated carbocycles. The van der Waals surface area contributed by atoms with Crippen LogP contribution in [0, 0.1) is 0 Å². The second kappa shape index (κ2) is 5.16. The third kappa shape index (κ3) is 2.70. The first-order chi connectivity index (χ1) is 9.60. The van der Waals surface area contributed by atoms with E-state index in [4.69, 9.17) is 5.73 Å². The second-order valence-electron chi connectivity index (χ2n) is 5.26. The molecule has 3 N–H and O–H groups in total. The number of rotatable bonds is 5. The summed E-state index contributed by atoms with van der Waals surface area (Å²) in [5.41, 5.74) is 6.66. The topological polar surface area (TPSA) is 72.2 Å². The number of benzene rings is 2. The smallest absolute Gasteiger partial charge is 0.215 e. The molecule has 1 atom stereocenters. The van der Waals surface area contributed by atoms with Gasteiger partial charge in [-0.2, -0.15) is 0 Å². The maximum atomic E-state index is 12.0. The predicted octanol–water partition coefficient (Wildman–Crippen LogP) is 1.92. The molecule has 106 valence electrons. The summed E-state index contributed by atoms with van der Waals surface area (Å²) in [6.07, 6.45) is 1.51. The van der Waals surface area contributed by atoms with Crippen LogP contribution in [0.2, 0.25) is 0 Å². The van der Waals surface area contributed by atoms with E-state index >= 15 is 0 Å². The Kier molecular flexibility index (Phi) is 3.50. The fourth-order valence-electron chi connectivity index (χ4n) is 2.35. The first-order valence-corrected chi connectivity index (χ1v) is 8.35. The van der Waals surface area contributed by atoms with Crippen molar-refractivity contribution in [3.63, 3.8) is 0 Å². The van der Waals surface area contributed by atoms with Gasteiger partial charge in [0.25, 0.3) is 0 Å². The van der Waals surface area contributed by atoms with E-state index in [0.29, 0.717) is 0 Å². The summed E-state index contributed by atoms with van der Waals surface area (Å²) in [5, 5.41) is 2.00. The number of hydrogen-bond donors (Lipinski definition) is 2. The molecule has 0 saturated heterocycles. The van der Waals surface area contributed by atoms with E-state index in [-0.39, 0.29) is 17.8 Å². The molecule has 0 amide bonds. The Morgan fingerprint density at radius 1 is 1.15 bits per heavy atom. The molecule has 4 nitrogen and oxygen atoms in total.